The quantitative estimate of drug-likeness (QED) is 0.591. The number of anilines is 1. The Labute approximate surface area is 199 Å². The molecule has 5 unspecified atom stereocenters. The zero-order valence-corrected chi connectivity index (χ0v) is 19.4. The summed E-state index contributed by atoms with van der Waals surface area (Å²) in [4.78, 5) is 24.2. The van der Waals surface area contributed by atoms with Crippen LogP contribution in [0.1, 0.15) is 24.3 Å². The van der Waals surface area contributed by atoms with Gasteiger partial charge in [0.05, 0.1) is 11.0 Å². The van der Waals surface area contributed by atoms with E-state index in [1.807, 2.05) is 30.3 Å². The van der Waals surface area contributed by atoms with E-state index in [0.717, 1.165) is 12.0 Å². The maximum Gasteiger partial charge on any atom is 0.245 e. The second kappa shape index (κ2) is 8.98. The Morgan fingerprint density at radius 1 is 1.03 bits per heavy atom. The molecule has 2 heterocycles. The summed E-state index contributed by atoms with van der Waals surface area (Å²) in [7, 11) is -3.68. The lowest BCUT2D eigenvalue weighted by molar-refractivity contribution is -0.120. The second-order valence-corrected chi connectivity index (χ2v) is 11.0. The van der Waals surface area contributed by atoms with E-state index in [0.29, 0.717) is 18.7 Å². The van der Waals surface area contributed by atoms with Crippen LogP contribution in [0.4, 0.5) is 5.69 Å². The monoisotopic (exact) mass is 481 g/mol. The molecule has 2 aromatic carbocycles. The van der Waals surface area contributed by atoms with E-state index in [-0.39, 0.29) is 47.1 Å². The van der Waals surface area contributed by atoms with E-state index in [2.05, 4.69) is 17.2 Å². The fourth-order valence-electron chi connectivity index (χ4n) is 4.88. The Bertz CT molecular complexity index is 1180. The highest BCUT2D eigenvalue weighted by molar-refractivity contribution is 7.89. The molecule has 2 amide bonds. The Hall–Kier alpha value is -3.01. The fraction of sp³-hybridized carbons (Fsp3) is 0.360. The topological polar surface area (TPSA) is 105 Å². The number of benzene rings is 2. The van der Waals surface area contributed by atoms with E-state index in [1.165, 1.54) is 22.5 Å². The average Bonchev–Trinajstić information content (AvgIpc) is 3.41. The third-order valence-corrected chi connectivity index (χ3v) is 8.65. The van der Waals surface area contributed by atoms with Gasteiger partial charge >= 0.3 is 0 Å². The highest BCUT2D eigenvalue weighted by Crippen LogP contribution is 2.47. The summed E-state index contributed by atoms with van der Waals surface area (Å²) in [6.45, 7) is 4.01. The third kappa shape index (κ3) is 4.51. The SMILES string of the molecule is C=CC(=O)NC1CC2CN(S(=O)(=O)c3ccc(NC(=O)C4CC4c4ccccc4)cc3)CC2O1. The van der Waals surface area contributed by atoms with Crippen molar-refractivity contribution in [2.24, 2.45) is 11.8 Å². The van der Waals surface area contributed by atoms with Crippen LogP contribution in [-0.2, 0) is 24.3 Å². The molecule has 5 rings (SSSR count). The molecule has 3 aliphatic rings. The number of carbonyl (C=O) groups excluding carboxylic acids is 2. The van der Waals surface area contributed by atoms with Crippen molar-refractivity contribution in [2.75, 3.05) is 18.4 Å². The van der Waals surface area contributed by atoms with Gasteiger partial charge in [0, 0.05) is 30.6 Å². The molecular weight excluding hydrogens is 454 g/mol. The van der Waals surface area contributed by atoms with Crippen molar-refractivity contribution >= 4 is 27.5 Å². The van der Waals surface area contributed by atoms with Crippen molar-refractivity contribution in [1.29, 1.82) is 0 Å². The maximum absolute atomic E-state index is 13.1. The van der Waals surface area contributed by atoms with Crippen molar-refractivity contribution in [2.45, 2.75) is 36.0 Å². The molecular formula is C25H27N3O5S. The Morgan fingerprint density at radius 2 is 1.76 bits per heavy atom. The molecule has 0 radical (unpaired) electrons. The molecule has 0 aromatic heterocycles. The van der Waals surface area contributed by atoms with Crippen molar-refractivity contribution in [3.05, 3.63) is 72.8 Å². The Balaban J connectivity index is 1.17. The fourth-order valence-corrected chi connectivity index (χ4v) is 6.39. The number of rotatable bonds is 7. The first-order valence-corrected chi connectivity index (χ1v) is 12.8. The van der Waals surface area contributed by atoms with Crippen LogP contribution in [0, 0.1) is 11.8 Å². The molecule has 2 N–H and O–H groups in total. The van der Waals surface area contributed by atoms with E-state index in [1.54, 1.807) is 12.1 Å². The van der Waals surface area contributed by atoms with Gasteiger partial charge in [-0.05, 0) is 54.7 Å². The van der Waals surface area contributed by atoms with E-state index in [9.17, 15) is 18.0 Å². The first-order chi connectivity index (χ1) is 16.3. The largest absolute Gasteiger partial charge is 0.354 e. The predicted octanol–water partition coefficient (Wildman–Crippen LogP) is 2.47. The van der Waals surface area contributed by atoms with Gasteiger partial charge in [-0.3, -0.25) is 9.59 Å². The molecule has 5 atom stereocenters. The van der Waals surface area contributed by atoms with Gasteiger partial charge in [0.2, 0.25) is 21.8 Å². The van der Waals surface area contributed by atoms with Crippen LogP contribution < -0.4 is 10.6 Å². The highest BCUT2D eigenvalue weighted by Gasteiger charge is 2.46. The summed E-state index contributed by atoms with van der Waals surface area (Å²) >= 11 is 0. The summed E-state index contributed by atoms with van der Waals surface area (Å²) in [5, 5.41) is 5.61. The number of amides is 2. The lowest BCUT2D eigenvalue weighted by Gasteiger charge is -2.19. The van der Waals surface area contributed by atoms with Gasteiger partial charge in [-0.2, -0.15) is 4.31 Å². The van der Waals surface area contributed by atoms with Gasteiger partial charge in [0.1, 0.15) is 6.23 Å². The summed E-state index contributed by atoms with van der Waals surface area (Å²) in [5.74, 6) is -0.150. The lowest BCUT2D eigenvalue weighted by Crippen LogP contribution is -2.37. The minimum Gasteiger partial charge on any atom is -0.354 e. The normalized spacial score (nSPS) is 28.2. The van der Waals surface area contributed by atoms with Crippen molar-refractivity contribution in [3.63, 3.8) is 0 Å². The molecule has 178 valence electrons. The smallest absolute Gasteiger partial charge is 0.245 e. The van der Waals surface area contributed by atoms with Gasteiger partial charge in [0.15, 0.2) is 0 Å². The molecule has 8 nitrogen and oxygen atoms in total. The van der Waals surface area contributed by atoms with E-state index < -0.39 is 16.3 Å². The molecule has 0 bridgehead atoms. The number of nitrogens with zero attached hydrogens (tertiary/aromatic N) is 1. The molecule has 34 heavy (non-hydrogen) atoms. The van der Waals surface area contributed by atoms with Gasteiger partial charge in [0.25, 0.3) is 0 Å². The Kier molecular flexibility index (Phi) is 6.01. The summed E-state index contributed by atoms with van der Waals surface area (Å²) in [5.41, 5.74) is 1.74. The van der Waals surface area contributed by atoms with Gasteiger partial charge in [-0.25, -0.2) is 8.42 Å². The summed E-state index contributed by atoms with van der Waals surface area (Å²) in [6, 6.07) is 16.3. The Morgan fingerprint density at radius 3 is 2.44 bits per heavy atom. The number of sulfonamides is 1. The van der Waals surface area contributed by atoms with Crippen molar-refractivity contribution in [1.82, 2.24) is 9.62 Å². The average molecular weight is 482 g/mol. The van der Waals surface area contributed by atoms with Crippen LogP contribution in [0.5, 0.6) is 0 Å². The van der Waals surface area contributed by atoms with Crippen LogP contribution in [0.3, 0.4) is 0 Å². The molecule has 1 saturated carbocycles. The number of ether oxygens (including phenoxy) is 1. The zero-order chi connectivity index (χ0) is 23.9. The van der Waals surface area contributed by atoms with Crippen molar-refractivity contribution < 1.29 is 22.7 Å². The van der Waals surface area contributed by atoms with Crippen molar-refractivity contribution in [3.8, 4) is 0 Å². The lowest BCUT2D eigenvalue weighted by atomic mass is 10.1. The number of hydrogen-bond acceptors (Lipinski definition) is 5. The zero-order valence-electron chi connectivity index (χ0n) is 18.6. The standard InChI is InChI=1S/C25H27N3O5S/c1-2-23(29)27-24-12-17-14-28(15-22(17)33-24)34(31,32)19-10-8-18(9-11-19)26-25(30)21-13-20(21)16-6-4-3-5-7-16/h2-11,17,20-22,24H,1,12-15H2,(H,26,30)(H,27,29). The van der Waals surface area contributed by atoms with Gasteiger partial charge in [-0.15, -0.1) is 0 Å². The molecule has 2 aliphatic heterocycles. The predicted molar refractivity (Wildman–Crippen MR) is 126 cm³/mol. The minimum absolute atomic E-state index is 0.0274. The van der Waals surface area contributed by atoms with Crippen LogP contribution >= 0.6 is 0 Å². The number of fused-ring (bicyclic) bond motifs is 1. The number of nitrogens with one attached hydrogen (secondary N) is 2. The van der Waals surface area contributed by atoms with E-state index >= 15 is 0 Å². The number of hydrogen-bond donors (Lipinski definition) is 2. The van der Waals surface area contributed by atoms with Crippen LogP contribution in [0.15, 0.2) is 72.1 Å². The first kappa shape index (κ1) is 22.8. The van der Waals surface area contributed by atoms with Crippen LogP contribution in [-0.4, -0.2) is 50.0 Å². The van der Waals surface area contributed by atoms with Crippen LogP contribution in [0.25, 0.3) is 0 Å². The first-order valence-electron chi connectivity index (χ1n) is 11.4. The van der Waals surface area contributed by atoms with Gasteiger partial charge < -0.3 is 15.4 Å². The molecule has 2 saturated heterocycles. The second-order valence-electron chi connectivity index (χ2n) is 9.07. The van der Waals surface area contributed by atoms with Gasteiger partial charge in [-0.1, -0.05) is 36.9 Å². The van der Waals surface area contributed by atoms with Crippen LogP contribution in [0.2, 0.25) is 0 Å². The molecule has 1 aliphatic carbocycles. The number of carbonyl (C=O) groups is 2. The molecule has 9 heteroatoms. The third-order valence-electron chi connectivity index (χ3n) is 6.81. The minimum atomic E-state index is -3.68. The molecule has 3 fully saturated rings. The maximum atomic E-state index is 13.1. The van der Waals surface area contributed by atoms with E-state index in [4.69, 9.17) is 4.74 Å². The molecule has 2 aromatic rings. The summed E-state index contributed by atoms with van der Waals surface area (Å²) in [6.07, 6.45) is 1.90. The molecule has 0 spiro atoms. The summed E-state index contributed by atoms with van der Waals surface area (Å²) < 4.78 is 33.5. The highest BCUT2D eigenvalue weighted by atomic mass is 32.2.